The van der Waals surface area contributed by atoms with Gasteiger partial charge in [0.1, 0.15) is 5.56 Å². The van der Waals surface area contributed by atoms with Gasteiger partial charge in [-0.2, -0.15) is 0 Å². The van der Waals surface area contributed by atoms with Crippen molar-refractivity contribution in [1.29, 1.82) is 0 Å². The van der Waals surface area contributed by atoms with Crippen molar-refractivity contribution in [2.24, 2.45) is 5.34 Å². The van der Waals surface area contributed by atoms with Crippen molar-refractivity contribution in [1.82, 2.24) is 0 Å². The molecular weight excluding hydrogens is 268 g/mol. The van der Waals surface area contributed by atoms with E-state index in [1.807, 2.05) is 0 Å². The molecule has 102 valence electrons. The Kier molecular flexibility index (Phi) is 5.44. The highest BCUT2D eigenvalue weighted by Crippen LogP contribution is 2.32. The molecule has 19 heavy (non-hydrogen) atoms. The van der Waals surface area contributed by atoms with Crippen LogP contribution in [-0.2, 0) is 0 Å². The summed E-state index contributed by atoms with van der Waals surface area (Å²) in [6.45, 7) is 1.17. The Morgan fingerprint density at radius 3 is 1.53 bits per heavy atom. The number of rotatable bonds is 3. The van der Waals surface area contributed by atoms with Crippen LogP contribution in [0.25, 0.3) is 0 Å². The van der Waals surface area contributed by atoms with Crippen molar-refractivity contribution in [3.8, 4) is 0 Å². The Hall–Kier alpha value is -3.18. The molecule has 0 saturated carbocycles. The lowest BCUT2D eigenvalue weighted by molar-refractivity contribution is -0.403. The molecule has 0 aromatic heterocycles. The Labute approximate surface area is 103 Å². The molecule has 1 N–H and O–H groups in total. The van der Waals surface area contributed by atoms with Gasteiger partial charge in [-0.25, -0.2) is 0 Å². The zero-order valence-corrected chi connectivity index (χ0v) is 9.25. The Bertz CT molecular complexity index is 507. The number of nitro groups is 3. The lowest BCUT2D eigenvalue weighted by Gasteiger charge is -1.99. The van der Waals surface area contributed by atoms with Crippen molar-refractivity contribution >= 4 is 17.1 Å². The highest BCUT2D eigenvalue weighted by Gasteiger charge is 2.27. The van der Waals surface area contributed by atoms with E-state index in [1.54, 1.807) is 0 Å². The van der Waals surface area contributed by atoms with Gasteiger partial charge in [-0.05, 0) is 6.92 Å². The first kappa shape index (κ1) is 15.8. The SMILES string of the molecule is Cc1c([N+](=O)[O-])cc([N+](=O)[O-])cc1[N+](=O)[O-].O=NO. The first-order chi connectivity index (χ1) is 8.76. The number of benzene rings is 1. The molecule has 0 fully saturated rings. The van der Waals surface area contributed by atoms with Crippen LogP contribution < -0.4 is 0 Å². The second-order valence-corrected chi connectivity index (χ2v) is 2.96. The molecule has 0 aliphatic carbocycles. The lowest BCUT2D eigenvalue weighted by Crippen LogP contribution is -2.00. The van der Waals surface area contributed by atoms with Crippen molar-refractivity contribution < 1.29 is 20.0 Å². The van der Waals surface area contributed by atoms with Crippen molar-refractivity contribution in [2.75, 3.05) is 0 Å². The zero-order valence-electron chi connectivity index (χ0n) is 9.25. The van der Waals surface area contributed by atoms with Gasteiger partial charge < -0.3 is 5.21 Å². The maximum absolute atomic E-state index is 10.5. The minimum atomic E-state index is -0.917. The first-order valence-electron chi connectivity index (χ1n) is 4.30. The van der Waals surface area contributed by atoms with Gasteiger partial charge in [0, 0.05) is 0 Å². The Morgan fingerprint density at radius 1 is 1.00 bits per heavy atom. The smallest absolute Gasteiger partial charge is 0.286 e. The number of hydrogen-bond acceptors (Lipinski definition) is 8. The molecule has 0 aliphatic heterocycles. The minimum Gasteiger partial charge on any atom is -0.379 e. The predicted octanol–water partition coefficient (Wildman–Crippen LogP) is 1.86. The monoisotopic (exact) mass is 274 g/mol. The van der Waals surface area contributed by atoms with Crippen LogP contribution in [0.5, 0.6) is 0 Å². The van der Waals surface area contributed by atoms with Gasteiger partial charge in [0.15, 0.2) is 5.34 Å². The fraction of sp³-hybridized carbons (Fsp3) is 0.143. The lowest BCUT2D eigenvalue weighted by atomic mass is 10.1. The summed E-state index contributed by atoms with van der Waals surface area (Å²) in [5.74, 6) is 0. The molecule has 0 spiro atoms. The van der Waals surface area contributed by atoms with E-state index in [4.69, 9.17) is 10.1 Å². The van der Waals surface area contributed by atoms with E-state index in [1.165, 1.54) is 12.3 Å². The summed E-state index contributed by atoms with van der Waals surface area (Å²) in [4.78, 5) is 36.9. The number of hydrogen-bond donors (Lipinski definition) is 1. The molecule has 0 radical (unpaired) electrons. The molecule has 12 nitrogen and oxygen atoms in total. The summed E-state index contributed by atoms with van der Waals surface area (Å²) in [7, 11) is 0. The van der Waals surface area contributed by atoms with Crippen LogP contribution in [-0.4, -0.2) is 20.0 Å². The Balaban J connectivity index is 0.000000982. The van der Waals surface area contributed by atoms with Gasteiger partial charge in [0.25, 0.3) is 17.1 Å². The van der Waals surface area contributed by atoms with Gasteiger partial charge in [-0.1, -0.05) is 0 Å². The summed E-state index contributed by atoms with van der Waals surface area (Å²) in [6.07, 6.45) is 0. The molecular formula is C7H6N4O8. The predicted molar refractivity (Wildman–Crippen MR) is 58.7 cm³/mol. The maximum Gasteiger partial charge on any atom is 0.286 e. The van der Waals surface area contributed by atoms with Crippen LogP contribution in [0.2, 0.25) is 0 Å². The topological polar surface area (TPSA) is 179 Å². The highest BCUT2D eigenvalue weighted by atomic mass is 16.6. The maximum atomic E-state index is 10.5. The van der Waals surface area contributed by atoms with Crippen LogP contribution >= 0.6 is 0 Å². The highest BCUT2D eigenvalue weighted by molar-refractivity contribution is 5.59. The quantitative estimate of drug-likeness (QED) is 0.492. The van der Waals surface area contributed by atoms with Gasteiger partial charge in [0.2, 0.25) is 0 Å². The second kappa shape index (κ2) is 6.53. The van der Waals surface area contributed by atoms with E-state index < -0.39 is 31.8 Å². The van der Waals surface area contributed by atoms with Crippen LogP contribution in [0.1, 0.15) is 5.56 Å². The molecule has 0 amide bonds. The minimum absolute atomic E-state index is 0.208. The summed E-state index contributed by atoms with van der Waals surface area (Å²) in [5.41, 5.74) is -2.16. The zero-order chi connectivity index (χ0) is 15.2. The average molecular weight is 274 g/mol. The molecule has 12 heteroatoms. The van der Waals surface area contributed by atoms with E-state index in [-0.39, 0.29) is 5.56 Å². The largest absolute Gasteiger partial charge is 0.379 e. The van der Waals surface area contributed by atoms with E-state index in [0.29, 0.717) is 12.1 Å². The molecule has 1 aromatic rings. The van der Waals surface area contributed by atoms with Crippen LogP contribution in [0, 0.1) is 42.2 Å². The number of nitro benzene ring substituents is 3. The molecule has 0 heterocycles. The first-order valence-corrected chi connectivity index (χ1v) is 4.30. The standard InChI is InChI=1S/C7H5N3O6.HNO2/c1-4-6(9(13)14)2-5(8(11)12)3-7(4)10(15)16;2-1-3/h2-3H,1H3;(H,2,3). The average Bonchev–Trinajstić information content (AvgIpc) is 2.29. The number of non-ortho nitro benzene ring substituents is 1. The van der Waals surface area contributed by atoms with Gasteiger partial charge in [-0.3, -0.25) is 30.3 Å². The molecule has 1 aromatic carbocycles. The molecule has 0 saturated heterocycles. The summed E-state index contributed by atoms with van der Waals surface area (Å²) >= 11 is 0. The van der Waals surface area contributed by atoms with Crippen LogP contribution in [0.15, 0.2) is 17.5 Å². The third-order valence-electron chi connectivity index (χ3n) is 1.94. The normalized spacial score (nSPS) is 8.89. The third-order valence-corrected chi connectivity index (χ3v) is 1.94. The molecule has 0 bridgehead atoms. The fourth-order valence-electron chi connectivity index (χ4n) is 1.15. The Morgan fingerprint density at radius 2 is 1.32 bits per heavy atom. The molecule has 0 unspecified atom stereocenters. The van der Waals surface area contributed by atoms with Crippen LogP contribution in [0.3, 0.4) is 0 Å². The molecule has 1 rings (SSSR count). The summed E-state index contributed by atoms with van der Waals surface area (Å²) in [5, 5.41) is 39.4. The van der Waals surface area contributed by atoms with E-state index in [0.717, 1.165) is 0 Å². The van der Waals surface area contributed by atoms with Gasteiger partial charge in [0.05, 0.1) is 26.9 Å². The van der Waals surface area contributed by atoms with E-state index in [9.17, 15) is 30.3 Å². The molecule has 0 atom stereocenters. The van der Waals surface area contributed by atoms with Gasteiger partial charge >= 0.3 is 0 Å². The summed E-state index contributed by atoms with van der Waals surface area (Å²) < 4.78 is 0. The summed E-state index contributed by atoms with van der Waals surface area (Å²) in [6, 6.07) is 1.39. The second-order valence-electron chi connectivity index (χ2n) is 2.96. The van der Waals surface area contributed by atoms with Crippen LogP contribution in [0.4, 0.5) is 17.1 Å². The van der Waals surface area contributed by atoms with E-state index >= 15 is 0 Å². The third kappa shape index (κ3) is 3.95. The van der Waals surface area contributed by atoms with Crippen molar-refractivity contribution in [3.05, 3.63) is 52.9 Å². The van der Waals surface area contributed by atoms with Crippen molar-refractivity contribution in [2.45, 2.75) is 6.92 Å². The van der Waals surface area contributed by atoms with Gasteiger partial charge in [-0.15, -0.1) is 4.91 Å². The van der Waals surface area contributed by atoms with E-state index in [2.05, 4.69) is 0 Å². The van der Waals surface area contributed by atoms with Crippen molar-refractivity contribution in [3.63, 3.8) is 0 Å². The molecule has 0 aliphatic rings. The fourth-order valence-corrected chi connectivity index (χ4v) is 1.15. The number of nitrogens with zero attached hydrogens (tertiary/aromatic N) is 4.